The molecule has 1 aliphatic rings. The fourth-order valence-corrected chi connectivity index (χ4v) is 3.06. The maximum absolute atomic E-state index is 12.5. The number of ether oxygens (including phenoxy) is 2. The van der Waals surface area contributed by atoms with E-state index in [0.29, 0.717) is 26.9 Å². The lowest BCUT2D eigenvalue weighted by molar-refractivity contribution is 0.0734. The monoisotopic (exact) mass is 410 g/mol. The van der Waals surface area contributed by atoms with E-state index in [1.165, 1.54) is 6.07 Å². The summed E-state index contributed by atoms with van der Waals surface area (Å²) in [6.45, 7) is 0. The van der Waals surface area contributed by atoms with Gasteiger partial charge in [-0.1, -0.05) is 35.3 Å². The molecule has 0 atom stereocenters. The van der Waals surface area contributed by atoms with Gasteiger partial charge in [0.25, 0.3) is 0 Å². The zero-order valence-electron chi connectivity index (χ0n) is 14.3. The van der Waals surface area contributed by atoms with Crippen LogP contribution in [0.2, 0.25) is 10.0 Å². The summed E-state index contributed by atoms with van der Waals surface area (Å²) in [6.07, 6.45) is 1.62. The van der Waals surface area contributed by atoms with E-state index in [1.807, 2.05) is 6.07 Å². The first-order chi connectivity index (χ1) is 13.5. The Bertz CT molecular complexity index is 1120. The summed E-state index contributed by atoms with van der Waals surface area (Å²) in [5.41, 5.74) is 1.51. The topological polar surface area (TPSA) is 52.6 Å². The molecule has 3 aromatic rings. The van der Waals surface area contributed by atoms with E-state index in [1.54, 1.807) is 60.7 Å². The number of halogens is 2. The van der Waals surface area contributed by atoms with Crippen LogP contribution in [-0.4, -0.2) is 11.8 Å². The highest BCUT2D eigenvalue weighted by molar-refractivity contribution is 6.31. The van der Waals surface area contributed by atoms with Crippen molar-refractivity contribution in [2.24, 2.45) is 0 Å². The average molecular weight is 411 g/mol. The van der Waals surface area contributed by atoms with Crippen LogP contribution < -0.4 is 9.47 Å². The van der Waals surface area contributed by atoms with E-state index >= 15 is 0 Å². The van der Waals surface area contributed by atoms with E-state index in [2.05, 4.69) is 0 Å². The molecule has 0 N–H and O–H groups in total. The number of carbonyl (C=O) groups is 2. The molecule has 0 saturated carbocycles. The summed E-state index contributed by atoms with van der Waals surface area (Å²) in [7, 11) is 0. The summed E-state index contributed by atoms with van der Waals surface area (Å²) in [6, 6.07) is 18.1. The molecule has 28 heavy (non-hydrogen) atoms. The van der Waals surface area contributed by atoms with Crippen LogP contribution in [0.4, 0.5) is 0 Å². The van der Waals surface area contributed by atoms with Gasteiger partial charge in [-0.15, -0.1) is 0 Å². The van der Waals surface area contributed by atoms with Gasteiger partial charge in [-0.05, 0) is 60.2 Å². The molecular weight excluding hydrogens is 399 g/mol. The molecular formula is C22H12Cl2O4. The first-order valence-corrected chi connectivity index (χ1v) is 9.07. The van der Waals surface area contributed by atoms with Crippen molar-refractivity contribution >= 4 is 41.0 Å². The lowest BCUT2D eigenvalue weighted by Crippen LogP contribution is -2.08. The number of Topliss-reactive ketones (excluding diaryl/α,β-unsaturated/α-hetero) is 1. The zero-order valence-corrected chi connectivity index (χ0v) is 15.8. The Kier molecular flexibility index (Phi) is 4.90. The number of fused-ring (bicyclic) bond motifs is 1. The fraction of sp³-hybridized carbons (Fsp3) is 0. The molecule has 0 radical (unpaired) electrons. The van der Waals surface area contributed by atoms with Crippen molar-refractivity contribution in [3.05, 3.63) is 99.2 Å². The number of carbonyl (C=O) groups excluding carboxylic acids is 2. The van der Waals surface area contributed by atoms with E-state index in [9.17, 15) is 9.59 Å². The Labute approximate surface area is 170 Å². The van der Waals surface area contributed by atoms with Crippen LogP contribution in [0, 0.1) is 0 Å². The Morgan fingerprint density at radius 2 is 1.71 bits per heavy atom. The number of esters is 1. The molecule has 6 heteroatoms. The van der Waals surface area contributed by atoms with Crippen molar-refractivity contribution in [1.29, 1.82) is 0 Å². The van der Waals surface area contributed by atoms with Gasteiger partial charge in [0.15, 0.2) is 5.76 Å². The van der Waals surface area contributed by atoms with Crippen LogP contribution in [0.5, 0.6) is 11.5 Å². The lowest BCUT2D eigenvalue weighted by atomic mass is 10.1. The van der Waals surface area contributed by atoms with Crippen molar-refractivity contribution in [2.75, 3.05) is 0 Å². The van der Waals surface area contributed by atoms with Crippen LogP contribution in [0.1, 0.15) is 26.3 Å². The second kappa shape index (κ2) is 7.50. The largest absolute Gasteiger partial charge is 0.452 e. The highest BCUT2D eigenvalue weighted by Gasteiger charge is 2.28. The summed E-state index contributed by atoms with van der Waals surface area (Å²) in [5.74, 6) is 0.00909. The molecule has 0 unspecified atom stereocenters. The van der Waals surface area contributed by atoms with Crippen molar-refractivity contribution in [2.45, 2.75) is 0 Å². The molecule has 4 rings (SSSR count). The van der Waals surface area contributed by atoms with Crippen LogP contribution in [0.25, 0.3) is 6.08 Å². The smallest absolute Gasteiger partial charge is 0.343 e. The van der Waals surface area contributed by atoms with Crippen molar-refractivity contribution in [3.8, 4) is 11.5 Å². The second-order valence-electron chi connectivity index (χ2n) is 6.05. The molecule has 138 valence electrons. The lowest BCUT2D eigenvalue weighted by Gasteiger charge is -2.05. The van der Waals surface area contributed by atoms with Crippen LogP contribution in [0.3, 0.4) is 0 Å². The van der Waals surface area contributed by atoms with E-state index in [4.69, 9.17) is 32.7 Å². The summed E-state index contributed by atoms with van der Waals surface area (Å²) in [4.78, 5) is 24.8. The summed E-state index contributed by atoms with van der Waals surface area (Å²) >= 11 is 11.8. The minimum atomic E-state index is -0.532. The van der Waals surface area contributed by atoms with Crippen molar-refractivity contribution in [3.63, 3.8) is 0 Å². The molecule has 0 aliphatic carbocycles. The third kappa shape index (κ3) is 3.79. The van der Waals surface area contributed by atoms with Gasteiger partial charge in [0, 0.05) is 16.1 Å². The molecule has 0 aromatic heterocycles. The van der Waals surface area contributed by atoms with Gasteiger partial charge in [-0.3, -0.25) is 4.79 Å². The molecule has 3 aromatic carbocycles. The Hall–Kier alpha value is -3.08. The minimum Gasteiger partial charge on any atom is -0.452 e. The third-order valence-corrected chi connectivity index (χ3v) is 4.57. The number of allylic oxidation sites excluding steroid dienone is 1. The summed E-state index contributed by atoms with van der Waals surface area (Å²) < 4.78 is 11.0. The molecule has 0 saturated heterocycles. The van der Waals surface area contributed by atoms with Crippen LogP contribution in [0.15, 0.2) is 72.5 Å². The Balaban J connectivity index is 1.55. The Morgan fingerprint density at radius 3 is 2.46 bits per heavy atom. The van der Waals surface area contributed by atoms with Gasteiger partial charge in [0.05, 0.1) is 11.1 Å². The highest BCUT2D eigenvalue weighted by Crippen LogP contribution is 2.35. The molecule has 1 aliphatic heterocycles. The molecule has 0 bridgehead atoms. The number of hydrogen-bond donors (Lipinski definition) is 0. The van der Waals surface area contributed by atoms with Crippen LogP contribution >= 0.6 is 23.2 Å². The van der Waals surface area contributed by atoms with E-state index in [0.717, 1.165) is 5.56 Å². The first kappa shape index (κ1) is 18.3. The van der Waals surface area contributed by atoms with Gasteiger partial charge in [0.1, 0.15) is 11.5 Å². The second-order valence-corrected chi connectivity index (χ2v) is 6.92. The number of benzene rings is 3. The summed E-state index contributed by atoms with van der Waals surface area (Å²) in [5, 5.41) is 1.09. The molecule has 0 amide bonds. The Morgan fingerprint density at radius 1 is 0.929 bits per heavy atom. The highest BCUT2D eigenvalue weighted by atomic mass is 35.5. The number of rotatable bonds is 3. The molecule has 0 fully saturated rings. The number of hydrogen-bond acceptors (Lipinski definition) is 4. The fourth-order valence-electron chi connectivity index (χ4n) is 2.73. The van der Waals surface area contributed by atoms with Crippen molar-refractivity contribution in [1.82, 2.24) is 0 Å². The van der Waals surface area contributed by atoms with Gasteiger partial charge < -0.3 is 9.47 Å². The van der Waals surface area contributed by atoms with E-state index < -0.39 is 5.97 Å². The van der Waals surface area contributed by atoms with Crippen LogP contribution in [-0.2, 0) is 0 Å². The maximum atomic E-state index is 12.5. The molecule has 0 spiro atoms. The SMILES string of the molecule is O=C(Oc1ccc2c(c1)OC(=Cc1cccc(Cl)c1)C2=O)c1ccc(Cl)cc1. The predicted octanol–water partition coefficient (Wildman–Crippen LogP) is 5.83. The maximum Gasteiger partial charge on any atom is 0.343 e. The average Bonchev–Trinajstić information content (AvgIpc) is 2.97. The zero-order chi connectivity index (χ0) is 19.7. The molecule has 4 nitrogen and oxygen atoms in total. The van der Waals surface area contributed by atoms with Gasteiger partial charge in [-0.2, -0.15) is 0 Å². The normalized spacial score (nSPS) is 13.9. The quantitative estimate of drug-likeness (QED) is 0.309. The van der Waals surface area contributed by atoms with Gasteiger partial charge >= 0.3 is 5.97 Å². The van der Waals surface area contributed by atoms with Gasteiger partial charge in [0.2, 0.25) is 5.78 Å². The third-order valence-electron chi connectivity index (χ3n) is 4.08. The predicted molar refractivity (Wildman–Crippen MR) is 107 cm³/mol. The molecule has 1 heterocycles. The number of ketones is 1. The van der Waals surface area contributed by atoms with Gasteiger partial charge in [-0.25, -0.2) is 4.79 Å². The minimum absolute atomic E-state index is 0.179. The van der Waals surface area contributed by atoms with E-state index in [-0.39, 0.29) is 17.3 Å². The standard InChI is InChI=1S/C22H12Cl2O4/c23-15-6-4-14(5-7-15)22(26)27-17-8-9-18-19(12-17)28-20(21(18)25)11-13-2-1-3-16(24)10-13/h1-12H. The van der Waals surface area contributed by atoms with Crippen molar-refractivity contribution < 1.29 is 19.1 Å². The first-order valence-electron chi connectivity index (χ1n) is 8.31.